The maximum absolute atomic E-state index is 12.9. The number of amides is 2. The summed E-state index contributed by atoms with van der Waals surface area (Å²) in [6, 6.07) is 23.0. The molecule has 7 heteroatoms. The van der Waals surface area contributed by atoms with Crippen LogP contribution in [0.15, 0.2) is 84.9 Å². The van der Waals surface area contributed by atoms with Gasteiger partial charge in [0, 0.05) is 11.1 Å². The molecule has 4 rings (SSSR count). The summed E-state index contributed by atoms with van der Waals surface area (Å²) in [6.07, 6.45) is 1.32. The molecule has 1 fully saturated rings. The Bertz CT molecular complexity index is 1190. The Morgan fingerprint density at radius 2 is 1.47 bits per heavy atom. The summed E-state index contributed by atoms with van der Waals surface area (Å²) in [5, 5.41) is 2.44. The quantitative estimate of drug-likeness (QED) is 0.253. The number of esters is 1. The molecule has 1 aliphatic heterocycles. The molecule has 34 heavy (non-hydrogen) atoms. The van der Waals surface area contributed by atoms with Crippen molar-refractivity contribution in [2.45, 2.75) is 18.9 Å². The minimum atomic E-state index is -0.560. The van der Waals surface area contributed by atoms with Crippen LogP contribution in [0.4, 0.5) is 0 Å². The van der Waals surface area contributed by atoms with Gasteiger partial charge in [-0.05, 0) is 55.8 Å². The highest BCUT2D eigenvalue weighted by molar-refractivity contribution is 6.06. The first kappa shape index (κ1) is 23.1. The van der Waals surface area contributed by atoms with Crippen LogP contribution < -0.4 is 10.1 Å². The van der Waals surface area contributed by atoms with E-state index < -0.39 is 23.8 Å². The molecule has 0 aromatic heterocycles. The molecular formula is C27H24N2O5. The summed E-state index contributed by atoms with van der Waals surface area (Å²) in [7, 11) is 0. The Morgan fingerprint density at radius 3 is 2.18 bits per heavy atom. The van der Waals surface area contributed by atoms with Gasteiger partial charge in [0.2, 0.25) is 5.91 Å². The molecule has 1 saturated heterocycles. The van der Waals surface area contributed by atoms with Crippen molar-refractivity contribution in [3.8, 4) is 5.75 Å². The highest BCUT2D eigenvalue weighted by Gasteiger charge is 2.33. The van der Waals surface area contributed by atoms with Gasteiger partial charge in [-0.25, -0.2) is 4.79 Å². The molecule has 0 unspecified atom stereocenters. The lowest BCUT2D eigenvalue weighted by molar-refractivity contribution is -0.124. The molecule has 1 N–H and O–H groups in total. The van der Waals surface area contributed by atoms with Crippen LogP contribution >= 0.6 is 0 Å². The van der Waals surface area contributed by atoms with Crippen LogP contribution in [-0.2, 0) is 4.79 Å². The SMILES string of the molecule is O=C(CN1CCC[C@H]1C(=O)NC(=O)c1ccccc1)c1cccc(OC(=O)c2ccccc2)c1. The van der Waals surface area contributed by atoms with Crippen LogP contribution in [0.2, 0.25) is 0 Å². The summed E-state index contributed by atoms with van der Waals surface area (Å²) in [4.78, 5) is 52.1. The van der Waals surface area contributed by atoms with Crippen molar-refractivity contribution in [1.29, 1.82) is 0 Å². The second-order valence-electron chi connectivity index (χ2n) is 8.02. The second kappa shape index (κ2) is 10.7. The maximum Gasteiger partial charge on any atom is 0.343 e. The third kappa shape index (κ3) is 5.63. The number of rotatable bonds is 7. The fraction of sp³-hybridized carbons (Fsp3) is 0.185. The highest BCUT2D eigenvalue weighted by atomic mass is 16.5. The van der Waals surface area contributed by atoms with Crippen molar-refractivity contribution >= 4 is 23.6 Å². The predicted molar refractivity (Wildman–Crippen MR) is 126 cm³/mol. The Hall–Kier alpha value is -4.10. The lowest BCUT2D eigenvalue weighted by Crippen LogP contribution is -2.46. The number of ketones is 1. The van der Waals surface area contributed by atoms with Crippen molar-refractivity contribution in [3.63, 3.8) is 0 Å². The van der Waals surface area contributed by atoms with Crippen molar-refractivity contribution in [2.75, 3.05) is 13.1 Å². The van der Waals surface area contributed by atoms with E-state index in [4.69, 9.17) is 4.74 Å². The van der Waals surface area contributed by atoms with E-state index in [9.17, 15) is 19.2 Å². The normalized spacial score (nSPS) is 15.5. The van der Waals surface area contributed by atoms with E-state index in [0.29, 0.717) is 29.7 Å². The number of Topliss-reactive ketones (excluding diaryl/α,β-unsaturated/α-hetero) is 1. The molecule has 0 aliphatic carbocycles. The van der Waals surface area contributed by atoms with Crippen molar-refractivity contribution in [3.05, 3.63) is 102 Å². The molecule has 0 saturated carbocycles. The minimum Gasteiger partial charge on any atom is -0.423 e. The summed E-state index contributed by atoms with van der Waals surface area (Å²) >= 11 is 0. The van der Waals surface area contributed by atoms with Gasteiger partial charge < -0.3 is 4.74 Å². The van der Waals surface area contributed by atoms with E-state index >= 15 is 0 Å². The first-order valence-electron chi connectivity index (χ1n) is 11.1. The van der Waals surface area contributed by atoms with Crippen molar-refractivity contribution in [1.82, 2.24) is 10.2 Å². The average Bonchev–Trinajstić information content (AvgIpc) is 3.33. The minimum absolute atomic E-state index is 0.0215. The van der Waals surface area contributed by atoms with Crippen LogP contribution in [0.1, 0.15) is 43.9 Å². The van der Waals surface area contributed by atoms with Gasteiger partial charge >= 0.3 is 5.97 Å². The zero-order chi connectivity index (χ0) is 23.9. The van der Waals surface area contributed by atoms with E-state index in [1.165, 1.54) is 6.07 Å². The van der Waals surface area contributed by atoms with Crippen LogP contribution in [0.3, 0.4) is 0 Å². The number of hydrogen-bond donors (Lipinski definition) is 1. The number of benzene rings is 3. The Morgan fingerprint density at radius 1 is 0.824 bits per heavy atom. The molecule has 1 aliphatic rings. The monoisotopic (exact) mass is 456 g/mol. The summed E-state index contributed by atoms with van der Waals surface area (Å²) in [5.74, 6) is -1.32. The average molecular weight is 456 g/mol. The lowest BCUT2D eigenvalue weighted by Gasteiger charge is -2.22. The number of ether oxygens (including phenoxy) is 1. The van der Waals surface area contributed by atoms with Crippen LogP contribution in [0.25, 0.3) is 0 Å². The summed E-state index contributed by atoms with van der Waals surface area (Å²) < 4.78 is 5.40. The van der Waals surface area contributed by atoms with Gasteiger partial charge in [0.15, 0.2) is 5.78 Å². The van der Waals surface area contributed by atoms with Gasteiger partial charge in [-0.3, -0.25) is 24.6 Å². The van der Waals surface area contributed by atoms with Crippen LogP contribution in [0.5, 0.6) is 5.75 Å². The van der Waals surface area contributed by atoms with Gasteiger partial charge in [-0.1, -0.05) is 48.5 Å². The fourth-order valence-corrected chi connectivity index (χ4v) is 3.92. The molecule has 1 heterocycles. The third-order valence-corrected chi connectivity index (χ3v) is 5.66. The molecule has 1 atom stereocenters. The fourth-order valence-electron chi connectivity index (χ4n) is 3.92. The number of imide groups is 1. The number of hydrogen-bond acceptors (Lipinski definition) is 6. The number of nitrogens with zero attached hydrogens (tertiary/aromatic N) is 1. The topological polar surface area (TPSA) is 92.8 Å². The number of likely N-dealkylation sites (tertiary alicyclic amines) is 1. The van der Waals surface area contributed by atoms with E-state index in [1.54, 1.807) is 83.8 Å². The predicted octanol–water partition coefficient (Wildman–Crippen LogP) is 3.51. The zero-order valence-corrected chi connectivity index (χ0v) is 18.5. The van der Waals surface area contributed by atoms with E-state index in [0.717, 1.165) is 6.42 Å². The molecule has 2 amide bonds. The Labute approximate surface area is 197 Å². The molecule has 7 nitrogen and oxygen atoms in total. The van der Waals surface area contributed by atoms with Crippen LogP contribution in [-0.4, -0.2) is 47.6 Å². The molecule has 172 valence electrons. The zero-order valence-electron chi connectivity index (χ0n) is 18.5. The van der Waals surface area contributed by atoms with Gasteiger partial charge in [0.05, 0.1) is 18.2 Å². The highest BCUT2D eigenvalue weighted by Crippen LogP contribution is 2.20. The number of nitrogens with one attached hydrogen (secondary N) is 1. The van der Waals surface area contributed by atoms with Gasteiger partial charge in [0.1, 0.15) is 5.75 Å². The molecular weight excluding hydrogens is 432 g/mol. The molecule has 3 aromatic carbocycles. The second-order valence-corrected chi connectivity index (χ2v) is 8.02. The molecule has 0 spiro atoms. The van der Waals surface area contributed by atoms with Crippen molar-refractivity contribution in [2.24, 2.45) is 0 Å². The van der Waals surface area contributed by atoms with Crippen LogP contribution in [0, 0.1) is 0 Å². The van der Waals surface area contributed by atoms with E-state index in [1.807, 2.05) is 0 Å². The molecule has 0 radical (unpaired) electrons. The van der Waals surface area contributed by atoms with Crippen molar-refractivity contribution < 1.29 is 23.9 Å². The first-order chi connectivity index (χ1) is 16.5. The molecule has 0 bridgehead atoms. The third-order valence-electron chi connectivity index (χ3n) is 5.66. The molecule has 3 aromatic rings. The Kier molecular flexibility index (Phi) is 7.25. The van der Waals surface area contributed by atoms with Gasteiger partial charge in [0.25, 0.3) is 5.91 Å². The standard InChI is InChI=1S/C27H24N2O5/c30-24(21-13-7-14-22(17-21)34-27(33)20-11-5-2-6-12-20)18-29-16-8-15-23(29)26(32)28-25(31)19-9-3-1-4-10-19/h1-7,9-14,17,23H,8,15-16,18H2,(H,28,31,32)/t23-/m0/s1. The maximum atomic E-state index is 12.9. The smallest absolute Gasteiger partial charge is 0.343 e. The largest absolute Gasteiger partial charge is 0.423 e. The lowest BCUT2D eigenvalue weighted by atomic mass is 10.1. The van der Waals surface area contributed by atoms with Gasteiger partial charge in [-0.15, -0.1) is 0 Å². The van der Waals surface area contributed by atoms with E-state index in [-0.39, 0.29) is 18.1 Å². The first-order valence-corrected chi connectivity index (χ1v) is 11.1. The van der Waals surface area contributed by atoms with E-state index in [2.05, 4.69) is 5.32 Å². The number of carbonyl (C=O) groups is 4. The summed E-state index contributed by atoms with van der Waals surface area (Å²) in [5.41, 5.74) is 1.19. The van der Waals surface area contributed by atoms with Gasteiger partial charge in [-0.2, -0.15) is 0 Å². The summed E-state index contributed by atoms with van der Waals surface area (Å²) in [6.45, 7) is 0.597. The number of carbonyl (C=O) groups excluding carboxylic acids is 4. The Balaban J connectivity index is 1.38.